The molecule has 0 bridgehead atoms. The first kappa shape index (κ1) is 15.3. The zero-order chi connectivity index (χ0) is 15.4. The standard InChI is InChI=1S/C15H14BrFN2O2/c1-2-21-14-7-9(17)3-6-13(14)19-15(20)11-8-10(18)4-5-12(11)16/h3-8H,2,18H2,1H3,(H,19,20). The largest absolute Gasteiger partial charge is 0.492 e. The molecule has 0 atom stereocenters. The van der Waals surface area contributed by atoms with Gasteiger partial charge in [-0.15, -0.1) is 0 Å². The van der Waals surface area contributed by atoms with Gasteiger partial charge >= 0.3 is 0 Å². The molecule has 2 aromatic carbocycles. The monoisotopic (exact) mass is 352 g/mol. The number of rotatable bonds is 4. The molecular weight excluding hydrogens is 339 g/mol. The summed E-state index contributed by atoms with van der Waals surface area (Å²) in [6.45, 7) is 2.15. The van der Waals surface area contributed by atoms with Gasteiger partial charge in [0.15, 0.2) is 0 Å². The maximum atomic E-state index is 13.2. The number of hydrogen-bond acceptors (Lipinski definition) is 3. The predicted octanol–water partition coefficient (Wildman–Crippen LogP) is 3.82. The fraction of sp³-hybridized carbons (Fsp3) is 0.133. The summed E-state index contributed by atoms with van der Waals surface area (Å²) in [5, 5.41) is 2.69. The number of ether oxygens (including phenoxy) is 1. The summed E-state index contributed by atoms with van der Waals surface area (Å²) in [6.07, 6.45) is 0. The van der Waals surface area contributed by atoms with E-state index in [1.54, 1.807) is 25.1 Å². The Balaban J connectivity index is 2.29. The van der Waals surface area contributed by atoms with Gasteiger partial charge in [0.1, 0.15) is 11.6 Å². The molecule has 4 nitrogen and oxygen atoms in total. The number of carbonyl (C=O) groups is 1. The highest BCUT2D eigenvalue weighted by molar-refractivity contribution is 9.10. The number of benzene rings is 2. The quantitative estimate of drug-likeness (QED) is 0.822. The van der Waals surface area contributed by atoms with Crippen molar-refractivity contribution in [1.29, 1.82) is 0 Å². The Morgan fingerprint density at radius 2 is 2.10 bits per heavy atom. The lowest BCUT2D eigenvalue weighted by Gasteiger charge is -2.12. The van der Waals surface area contributed by atoms with Gasteiger partial charge in [0.05, 0.1) is 17.9 Å². The molecule has 0 fully saturated rings. The van der Waals surface area contributed by atoms with Crippen molar-refractivity contribution in [3.8, 4) is 5.75 Å². The van der Waals surface area contributed by atoms with Crippen LogP contribution < -0.4 is 15.8 Å². The van der Waals surface area contributed by atoms with Crippen LogP contribution in [-0.4, -0.2) is 12.5 Å². The van der Waals surface area contributed by atoms with E-state index in [0.717, 1.165) is 0 Å². The van der Waals surface area contributed by atoms with Crippen molar-refractivity contribution in [2.45, 2.75) is 6.92 Å². The van der Waals surface area contributed by atoms with Gasteiger partial charge in [0.2, 0.25) is 0 Å². The van der Waals surface area contributed by atoms with Gasteiger partial charge in [-0.05, 0) is 53.2 Å². The highest BCUT2D eigenvalue weighted by Gasteiger charge is 2.14. The Morgan fingerprint density at radius 1 is 1.33 bits per heavy atom. The van der Waals surface area contributed by atoms with Crippen LogP contribution in [0.25, 0.3) is 0 Å². The first-order valence-electron chi connectivity index (χ1n) is 6.30. The fourth-order valence-corrected chi connectivity index (χ4v) is 2.21. The Labute approximate surface area is 130 Å². The second-order valence-electron chi connectivity index (χ2n) is 4.27. The van der Waals surface area contributed by atoms with Crippen LogP contribution >= 0.6 is 15.9 Å². The van der Waals surface area contributed by atoms with E-state index in [0.29, 0.717) is 28.0 Å². The van der Waals surface area contributed by atoms with E-state index in [1.165, 1.54) is 18.2 Å². The zero-order valence-corrected chi connectivity index (χ0v) is 12.9. The molecule has 0 radical (unpaired) electrons. The molecule has 0 spiro atoms. The van der Waals surface area contributed by atoms with Crippen molar-refractivity contribution in [3.05, 3.63) is 52.3 Å². The summed E-state index contributed by atoms with van der Waals surface area (Å²) in [4.78, 5) is 12.3. The van der Waals surface area contributed by atoms with E-state index < -0.39 is 5.82 Å². The minimum absolute atomic E-state index is 0.283. The summed E-state index contributed by atoms with van der Waals surface area (Å²) in [5.41, 5.74) is 6.95. The van der Waals surface area contributed by atoms with Crippen LogP contribution in [0.3, 0.4) is 0 Å². The summed E-state index contributed by atoms with van der Waals surface area (Å²) in [7, 11) is 0. The lowest BCUT2D eigenvalue weighted by molar-refractivity contribution is 0.102. The average Bonchev–Trinajstić information content (AvgIpc) is 2.44. The van der Waals surface area contributed by atoms with Crippen LogP contribution in [-0.2, 0) is 0 Å². The number of nitrogens with one attached hydrogen (secondary N) is 1. The number of anilines is 2. The number of hydrogen-bond donors (Lipinski definition) is 2. The van der Waals surface area contributed by atoms with Gasteiger partial charge in [-0.25, -0.2) is 4.39 Å². The SMILES string of the molecule is CCOc1cc(F)ccc1NC(=O)c1cc(N)ccc1Br. The molecule has 1 amide bonds. The van der Waals surface area contributed by atoms with Gasteiger partial charge in [0, 0.05) is 16.2 Å². The molecule has 21 heavy (non-hydrogen) atoms. The van der Waals surface area contributed by atoms with Crippen LogP contribution in [0.15, 0.2) is 40.9 Å². The topological polar surface area (TPSA) is 64.3 Å². The second-order valence-corrected chi connectivity index (χ2v) is 5.12. The summed E-state index contributed by atoms with van der Waals surface area (Å²) < 4.78 is 19.2. The molecule has 0 aromatic heterocycles. The Bertz CT molecular complexity index is 677. The zero-order valence-electron chi connectivity index (χ0n) is 11.3. The van der Waals surface area contributed by atoms with Crippen LogP contribution in [0.1, 0.15) is 17.3 Å². The maximum Gasteiger partial charge on any atom is 0.256 e. The number of nitrogens with two attached hydrogens (primary N) is 1. The first-order valence-corrected chi connectivity index (χ1v) is 7.09. The third-order valence-corrected chi connectivity index (χ3v) is 3.42. The summed E-state index contributed by atoms with van der Waals surface area (Å²) in [5.74, 6) is -0.505. The van der Waals surface area contributed by atoms with Gasteiger partial charge in [-0.3, -0.25) is 4.79 Å². The number of nitrogen functional groups attached to an aromatic ring is 1. The third-order valence-electron chi connectivity index (χ3n) is 2.73. The third kappa shape index (κ3) is 3.72. The van der Waals surface area contributed by atoms with Crippen LogP contribution in [0.2, 0.25) is 0 Å². The van der Waals surface area contributed by atoms with Crippen molar-refractivity contribution in [1.82, 2.24) is 0 Å². The molecule has 0 aliphatic heterocycles. The van der Waals surface area contributed by atoms with Crippen molar-refractivity contribution < 1.29 is 13.9 Å². The Morgan fingerprint density at radius 3 is 2.81 bits per heavy atom. The highest BCUT2D eigenvalue weighted by Crippen LogP contribution is 2.27. The molecule has 2 aromatic rings. The van der Waals surface area contributed by atoms with Crippen LogP contribution in [0, 0.1) is 5.82 Å². The minimum atomic E-state index is -0.429. The molecular formula is C15H14BrFN2O2. The minimum Gasteiger partial charge on any atom is -0.492 e. The first-order chi connectivity index (χ1) is 10.0. The van der Waals surface area contributed by atoms with Crippen molar-refractivity contribution >= 4 is 33.2 Å². The normalized spacial score (nSPS) is 10.2. The van der Waals surface area contributed by atoms with E-state index in [-0.39, 0.29) is 11.7 Å². The van der Waals surface area contributed by atoms with Gasteiger partial charge < -0.3 is 15.8 Å². The fourth-order valence-electron chi connectivity index (χ4n) is 1.78. The van der Waals surface area contributed by atoms with Crippen molar-refractivity contribution in [2.75, 3.05) is 17.7 Å². The molecule has 110 valence electrons. The molecule has 2 rings (SSSR count). The molecule has 6 heteroatoms. The van der Waals surface area contributed by atoms with Gasteiger partial charge in [-0.2, -0.15) is 0 Å². The lowest BCUT2D eigenvalue weighted by Crippen LogP contribution is -2.14. The lowest BCUT2D eigenvalue weighted by atomic mass is 10.2. The summed E-state index contributed by atoms with van der Waals surface area (Å²) in [6, 6.07) is 8.88. The molecule has 0 saturated heterocycles. The van der Waals surface area contributed by atoms with E-state index in [2.05, 4.69) is 21.2 Å². The molecule has 3 N–H and O–H groups in total. The average molecular weight is 353 g/mol. The van der Waals surface area contributed by atoms with E-state index in [9.17, 15) is 9.18 Å². The molecule has 0 unspecified atom stereocenters. The van der Waals surface area contributed by atoms with Gasteiger partial charge in [-0.1, -0.05) is 0 Å². The van der Waals surface area contributed by atoms with Crippen LogP contribution in [0.5, 0.6) is 5.75 Å². The van der Waals surface area contributed by atoms with Crippen LogP contribution in [0.4, 0.5) is 15.8 Å². The van der Waals surface area contributed by atoms with Crippen molar-refractivity contribution in [2.24, 2.45) is 0 Å². The number of carbonyl (C=O) groups excluding carboxylic acids is 1. The second kappa shape index (κ2) is 6.58. The highest BCUT2D eigenvalue weighted by atomic mass is 79.9. The molecule has 0 aliphatic carbocycles. The number of amides is 1. The van der Waals surface area contributed by atoms with Crippen molar-refractivity contribution in [3.63, 3.8) is 0 Å². The molecule has 0 saturated carbocycles. The Hall–Kier alpha value is -2.08. The van der Waals surface area contributed by atoms with E-state index >= 15 is 0 Å². The molecule has 0 aliphatic rings. The smallest absolute Gasteiger partial charge is 0.256 e. The van der Waals surface area contributed by atoms with Gasteiger partial charge in [0.25, 0.3) is 5.91 Å². The summed E-state index contributed by atoms with van der Waals surface area (Å²) >= 11 is 3.30. The maximum absolute atomic E-state index is 13.2. The van der Waals surface area contributed by atoms with E-state index in [1.807, 2.05) is 0 Å². The number of halogens is 2. The predicted molar refractivity (Wildman–Crippen MR) is 84.1 cm³/mol. The molecule has 0 heterocycles. The van der Waals surface area contributed by atoms with E-state index in [4.69, 9.17) is 10.5 Å². The Kier molecular flexibility index (Phi) is 4.80.